The highest BCUT2D eigenvalue weighted by molar-refractivity contribution is 7.89. The van der Waals surface area contributed by atoms with Crippen LogP contribution in [0.25, 0.3) is 10.9 Å². The second-order valence-corrected chi connectivity index (χ2v) is 8.24. The van der Waals surface area contributed by atoms with Crippen LogP contribution in [-0.2, 0) is 17.1 Å². The first-order valence-corrected chi connectivity index (χ1v) is 9.78. The molecule has 0 atom stereocenters. The minimum atomic E-state index is -3.48. The van der Waals surface area contributed by atoms with Crippen LogP contribution in [-0.4, -0.2) is 56.6 Å². The van der Waals surface area contributed by atoms with Crippen molar-refractivity contribution in [1.82, 2.24) is 29.0 Å². The smallest absolute Gasteiger partial charge is 0.246 e. The van der Waals surface area contributed by atoms with Crippen molar-refractivity contribution in [2.45, 2.75) is 23.8 Å². The number of pyridine rings is 1. The first-order chi connectivity index (χ1) is 12.5. The quantitative estimate of drug-likeness (QED) is 0.728. The first kappa shape index (κ1) is 16.9. The second kappa shape index (κ2) is 6.61. The Bertz CT molecular complexity index is 1030. The number of nitrogens with one attached hydrogen (secondary N) is 1. The van der Waals surface area contributed by atoms with E-state index in [4.69, 9.17) is 0 Å². The molecular weight excluding hydrogens is 354 g/mol. The summed E-state index contributed by atoms with van der Waals surface area (Å²) < 4.78 is 28.3. The molecule has 26 heavy (non-hydrogen) atoms. The summed E-state index contributed by atoms with van der Waals surface area (Å²) >= 11 is 0. The topological polar surface area (TPSA) is 106 Å². The van der Waals surface area contributed by atoms with Crippen molar-refractivity contribution in [3.8, 4) is 0 Å². The monoisotopic (exact) mass is 373 g/mol. The zero-order valence-electron chi connectivity index (χ0n) is 14.3. The highest BCUT2D eigenvalue weighted by Crippen LogP contribution is 2.22. The third-order valence-electron chi connectivity index (χ3n) is 4.49. The third-order valence-corrected chi connectivity index (χ3v) is 6.34. The van der Waals surface area contributed by atoms with Gasteiger partial charge in [0.2, 0.25) is 16.0 Å². The molecule has 0 bridgehead atoms. The standard InChI is InChI=1S/C16H19N7O2S/c1-22-11-14(9-19-22)26(24,25)23-6-3-13(4-7-23)20-16-18-8-12-2-5-17-10-15(12)21-16/h2,5,8-11,13H,3-4,6-7H2,1H3,(H,18,20,21). The molecule has 1 aliphatic rings. The van der Waals surface area contributed by atoms with Crippen molar-refractivity contribution >= 4 is 26.9 Å². The average molecular weight is 373 g/mol. The number of fused-ring (bicyclic) bond motifs is 1. The molecule has 0 radical (unpaired) electrons. The zero-order chi connectivity index (χ0) is 18.1. The van der Waals surface area contributed by atoms with Crippen LogP contribution in [0.15, 0.2) is 41.9 Å². The maximum atomic E-state index is 12.6. The van der Waals surface area contributed by atoms with Crippen molar-refractivity contribution in [1.29, 1.82) is 0 Å². The fourth-order valence-electron chi connectivity index (χ4n) is 3.05. The van der Waals surface area contributed by atoms with Crippen LogP contribution in [0, 0.1) is 0 Å². The van der Waals surface area contributed by atoms with E-state index in [0.717, 1.165) is 10.9 Å². The van der Waals surface area contributed by atoms with E-state index in [1.807, 2.05) is 6.07 Å². The minimum absolute atomic E-state index is 0.129. The summed E-state index contributed by atoms with van der Waals surface area (Å²) in [4.78, 5) is 13.1. The summed E-state index contributed by atoms with van der Waals surface area (Å²) in [6.07, 6.45) is 9.45. The third kappa shape index (κ3) is 3.25. The summed E-state index contributed by atoms with van der Waals surface area (Å²) in [7, 11) is -1.78. The van der Waals surface area contributed by atoms with Crippen LogP contribution >= 0.6 is 0 Å². The molecule has 1 saturated heterocycles. The van der Waals surface area contributed by atoms with Gasteiger partial charge < -0.3 is 5.32 Å². The Kier molecular flexibility index (Phi) is 4.29. The molecule has 0 aromatic carbocycles. The summed E-state index contributed by atoms with van der Waals surface area (Å²) in [5.74, 6) is 0.541. The molecule has 0 unspecified atom stereocenters. The van der Waals surface area contributed by atoms with Crippen LogP contribution in [0.5, 0.6) is 0 Å². The van der Waals surface area contributed by atoms with E-state index >= 15 is 0 Å². The van der Waals surface area contributed by atoms with E-state index in [2.05, 4.69) is 25.4 Å². The van der Waals surface area contributed by atoms with E-state index in [0.29, 0.717) is 31.9 Å². The Hall–Kier alpha value is -2.59. The lowest BCUT2D eigenvalue weighted by Gasteiger charge is -2.31. The molecule has 136 valence electrons. The molecular formula is C16H19N7O2S. The van der Waals surface area contributed by atoms with E-state index in [9.17, 15) is 8.42 Å². The largest absolute Gasteiger partial charge is 0.351 e. The molecule has 1 fully saturated rings. The molecule has 3 aromatic heterocycles. The van der Waals surface area contributed by atoms with E-state index in [1.165, 1.54) is 21.4 Å². The number of piperidine rings is 1. The highest BCUT2D eigenvalue weighted by atomic mass is 32.2. The number of aryl methyl sites for hydroxylation is 1. The Morgan fingerprint density at radius 1 is 1.19 bits per heavy atom. The van der Waals surface area contributed by atoms with Crippen LogP contribution in [0.1, 0.15) is 12.8 Å². The van der Waals surface area contributed by atoms with Gasteiger partial charge in [-0.3, -0.25) is 9.67 Å². The molecule has 9 nitrogen and oxygen atoms in total. The second-order valence-electron chi connectivity index (χ2n) is 6.30. The predicted molar refractivity (Wildman–Crippen MR) is 95.9 cm³/mol. The number of sulfonamides is 1. The van der Waals surface area contributed by atoms with Crippen molar-refractivity contribution in [3.63, 3.8) is 0 Å². The van der Waals surface area contributed by atoms with Gasteiger partial charge >= 0.3 is 0 Å². The number of aromatic nitrogens is 5. The fourth-order valence-corrected chi connectivity index (χ4v) is 4.50. The van der Waals surface area contributed by atoms with Gasteiger partial charge in [-0.25, -0.2) is 18.4 Å². The van der Waals surface area contributed by atoms with Crippen molar-refractivity contribution in [2.24, 2.45) is 7.05 Å². The van der Waals surface area contributed by atoms with Gasteiger partial charge in [0.25, 0.3) is 0 Å². The summed E-state index contributed by atoms with van der Waals surface area (Å²) in [6, 6.07) is 1.99. The Morgan fingerprint density at radius 2 is 2.00 bits per heavy atom. The molecule has 1 N–H and O–H groups in total. The van der Waals surface area contributed by atoms with Crippen LogP contribution in [0.2, 0.25) is 0 Å². The molecule has 4 rings (SSSR count). The van der Waals surface area contributed by atoms with Gasteiger partial charge in [0.05, 0.1) is 17.9 Å². The van der Waals surface area contributed by atoms with E-state index in [-0.39, 0.29) is 10.9 Å². The van der Waals surface area contributed by atoms with Gasteiger partial charge in [-0.05, 0) is 18.9 Å². The van der Waals surface area contributed by atoms with Gasteiger partial charge in [0.15, 0.2) is 0 Å². The molecule has 1 aliphatic heterocycles. The zero-order valence-corrected chi connectivity index (χ0v) is 15.1. The minimum Gasteiger partial charge on any atom is -0.351 e. The number of hydrogen-bond acceptors (Lipinski definition) is 7. The van der Waals surface area contributed by atoms with E-state index < -0.39 is 10.0 Å². The maximum absolute atomic E-state index is 12.6. The molecule has 0 aliphatic carbocycles. The number of rotatable bonds is 4. The number of nitrogens with zero attached hydrogens (tertiary/aromatic N) is 6. The van der Waals surface area contributed by atoms with Crippen LogP contribution in [0.4, 0.5) is 5.95 Å². The van der Waals surface area contributed by atoms with Crippen molar-refractivity contribution in [3.05, 3.63) is 37.1 Å². The summed E-state index contributed by atoms with van der Waals surface area (Å²) in [6.45, 7) is 0.897. The Labute approximate surface area is 151 Å². The number of anilines is 1. The Balaban J connectivity index is 1.41. The van der Waals surface area contributed by atoms with Crippen molar-refractivity contribution in [2.75, 3.05) is 18.4 Å². The Morgan fingerprint density at radius 3 is 2.73 bits per heavy atom. The van der Waals surface area contributed by atoms with Gasteiger partial charge in [-0.2, -0.15) is 9.40 Å². The van der Waals surface area contributed by atoms with Crippen LogP contribution < -0.4 is 5.32 Å². The van der Waals surface area contributed by atoms with E-state index in [1.54, 1.807) is 25.6 Å². The lowest BCUT2D eigenvalue weighted by molar-refractivity contribution is 0.329. The van der Waals surface area contributed by atoms with Gasteiger partial charge in [0.1, 0.15) is 4.90 Å². The van der Waals surface area contributed by atoms with Gasteiger partial charge in [-0.1, -0.05) is 0 Å². The predicted octanol–water partition coefficient (Wildman–Crippen LogP) is 1.02. The summed E-state index contributed by atoms with van der Waals surface area (Å²) in [5, 5.41) is 8.18. The average Bonchev–Trinajstić information content (AvgIpc) is 3.09. The molecule has 0 amide bonds. The molecule has 3 aromatic rings. The fraction of sp³-hybridized carbons (Fsp3) is 0.375. The molecule has 0 spiro atoms. The van der Waals surface area contributed by atoms with Crippen molar-refractivity contribution < 1.29 is 8.42 Å². The van der Waals surface area contributed by atoms with Crippen LogP contribution in [0.3, 0.4) is 0 Å². The maximum Gasteiger partial charge on any atom is 0.246 e. The SMILES string of the molecule is Cn1cc(S(=O)(=O)N2CCC(Nc3ncc4ccncc4n3)CC2)cn1. The number of hydrogen-bond donors (Lipinski definition) is 1. The normalized spacial score (nSPS) is 16.8. The lowest BCUT2D eigenvalue weighted by atomic mass is 10.1. The summed E-state index contributed by atoms with van der Waals surface area (Å²) in [5.41, 5.74) is 0.779. The molecule has 4 heterocycles. The highest BCUT2D eigenvalue weighted by Gasteiger charge is 2.30. The first-order valence-electron chi connectivity index (χ1n) is 8.34. The molecule has 0 saturated carbocycles. The lowest BCUT2D eigenvalue weighted by Crippen LogP contribution is -2.42. The van der Waals surface area contributed by atoms with Gasteiger partial charge in [0, 0.05) is 50.2 Å². The molecule has 10 heteroatoms. The van der Waals surface area contributed by atoms with Gasteiger partial charge in [-0.15, -0.1) is 0 Å².